The van der Waals surface area contributed by atoms with Crippen molar-refractivity contribution in [3.05, 3.63) is 83.4 Å². The number of halogens is 2. The monoisotopic (exact) mass is 630 g/mol. The molecular formula is C36H44F2N6O2. The summed E-state index contributed by atoms with van der Waals surface area (Å²) in [6.07, 6.45) is 7.64. The molecule has 1 amide bonds. The maximum absolute atomic E-state index is 15.1. The Morgan fingerprint density at radius 1 is 1.15 bits per heavy atom. The number of alkyl carbamates (subject to hydrolysis) is 1. The first kappa shape index (κ1) is 32.0. The molecule has 6 rings (SSSR count). The maximum Gasteiger partial charge on any atom is 0.407 e. The van der Waals surface area contributed by atoms with E-state index in [4.69, 9.17) is 10.00 Å². The van der Waals surface area contributed by atoms with Crippen LogP contribution in [0.5, 0.6) is 0 Å². The number of piperidine rings is 1. The summed E-state index contributed by atoms with van der Waals surface area (Å²) in [4.78, 5) is 21.8. The second kappa shape index (κ2) is 13.4. The minimum Gasteiger partial charge on any atom is -0.446 e. The summed E-state index contributed by atoms with van der Waals surface area (Å²) in [5, 5.41) is 11.7. The largest absolute Gasteiger partial charge is 0.446 e. The van der Waals surface area contributed by atoms with Gasteiger partial charge < -0.3 is 24.4 Å². The molecule has 2 saturated heterocycles. The number of hydrogen-bond acceptors (Lipinski definition) is 6. The van der Waals surface area contributed by atoms with Gasteiger partial charge in [-0.15, -0.1) is 0 Å². The van der Waals surface area contributed by atoms with Gasteiger partial charge in [-0.2, -0.15) is 5.26 Å². The van der Waals surface area contributed by atoms with Crippen LogP contribution in [0.25, 0.3) is 0 Å². The Morgan fingerprint density at radius 2 is 1.93 bits per heavy atom. The molecule has 1 saturated carbocycles. The predicted octanol–water partition coefficient (Wildman–Crippen LogP) is 6.21. The van der Waals surface area contributed by atoms with E-state index >= 15 is 4.39 Å². The zero-order valence-electron chi connectivity index (χ0n) is 27.0. The maximum atomic E-state index is 15.1. The van der Waals surface area contributed by atoms with Crippen molar-refractivity contribution in [3.63, 3.8) is 0 Å². The molecule has 3 heterocycles. The van der Waals surface area contributed by atoms with Crippen LogP contribution in [-0.2, 0) is 10.2 Å². The van der Waals surface area contributed by atoms with Crippen LogP contribution < -0.4 is 10.2 Å². The highest BCUT2D eigenvalue weighted by atomic mass is 19.1. The van der Waals surface area contributed by atoms with E-state index in [2.05, 4.69) is 37.7 Å². The molecule has 0 radical (unpaired) electrons. The number of nitrogens with one attached hydrogen (secondary N) is 1. The summed E-state index contributed by atoms with van der Waals surface area (Å²) < 4.78 is 37.6. The molecule has 1 N–H and O–H groups in total. The number of ether oxygens (including phenoxy) is 1. The van der Waals surface area contributed by atoms with Crippen LogP contribution in [0.3, 0.4) is 0 Å². The van der Waals surface area contributed by atoms with Gasteiger partial charge >= 0.3 is 6.09 Å². The summed E-state index contributed by atoms with van der Waals surface area (Å²) in [5.41, 5.74) is 1.36. The number of nitriles is 1. The first-order valence-electron chi connectivity index (χ1n) is 16.5. The predicted molar refractivity (Wildman–Crippen MR) is 172 cm³/mol. The molecule has 2 aromatic carbocycles. The summed E-state index contributed by atoms with van der Waals surface area (Å²) in [6, 6.07) is 13.8. The first-order valence-corrected chi connectivity index (χ1v) is 16.5. The molecule has 8 nitrogen and oxygen atoms in total. The number of rotatable bonds is 9. The van der Waals surface area contributed by atoms with Crippen molar-refractivity contribution in [2.24, 2.45) is 17.8 Å². The summed E-state index contributed by atoms with van der Waals surface area (Å²) in [6.45, 7) is 8.77. The second-order valence-corrected chi connectivity index (χ2v) is 13.4. The third-order valence-electron chi connectivity index (χ3n) is 11.0. The van der Waals surface area contributed by atoms with Crippen molar-refractivity contribution < 1.29 is 18.3 Å². The van der Waals surface area contributed by atoms with Gasteiger partial charge in [0.05, 0.1) is 5.56 Å². The van der Waals surface area contributed by atoms with E-state index in [1.54, 1.807) is 19.2 Å². The van der Waals surface area contributed by atoms with Gasteiger partial charge in [-0.3, -0.25) is 0 Å². The Labute approximate surface area is 270 Å². The number of imidazole rings is 1. The lowest BCUT2D eigenvalue weighted by molar-refractivity contribution is -0.0126. The molecule has 3 aliphatic rings. The van der Waals surface area contributed by atoms with Gasteiger partial charge in [0, 0.05) is 68.1 Å². The Balaban J connectivity index is 1.25. The van der Waals surface area contributed by atoms with Crippen LogP contribution in [0.2, 0.25) is 0 Å². The quantitative estimate of drug-likeness (QED) is 0.303. The van der Waals surface area contributed by atoms with Gasteiger partial charge in [-0.1, -0.05) is 12.1 Å². The fourth-order valence-electron chi connectivity index (χ4n) is 8.89. The average Bonchev–Trinajstić information content (AvgIpc) is 3.68. The van der Waals surface area contributed by atoms with Gasteiger partial charge in [0.25, 0.3) is 0 Å². The number of aromatic nitrogens is 2. The minimum atomic E-state index is -0.498. The highest BCUT2D eigenvalue weighted by Crippen LogP contribution is 2.57. The molecule has 1 aliphatic carbocycles. The van der Waals surface area contributed by atoms with Crippen LogP contribution in [0, 0.1) is 47.6 Å². The number of carbonyl (C=O) groups is 1. The highest BCUT2D eigenvalue weighted by Gasteiger charge is 2.56. The van der Waals surface area contributed by atoms with Gasteiger partial charge in [0.1, 0.15) is 29.6 Å². The molecule has 2 aliphatic heterocycles. The highest BCUT2D eigenvalue weighted by molar-refractivity contribution is 5.67. The van der Waals surface area contributed by atoms with Crippen molar-refractivity contribution in [1.82, 2.24) is 19.8 Å². The minimum absolute atomic E-state index is 0.00737. The van der Waals surface area contributed by atoms with E-state index < -0.39 is 17.3 Å². The summed E-state index contributed by atoms with van der Waals surface area (Å²) >= 11 is 0. The average molecular weight is 631 g/mol. The zero-order valence-corrected chi connectivity index (χ0v) is 27.0. The van der Waals surface area contributed by atoms with Gasteiger partial charge in [0.15, 0.2) is 0 Å². The van der Waals surface area contributed by atoms with E-state index in [9.17, 15) is 9.18 Å². The lowest BCUT2D eigenvalue weighted by Crippen LogP contribution is -2.56. The smallest absolute Gasteiger partial charge is 0.407 e. The number of hydrogen-bond donors (Lipinski definition) is 1. The normalized spacial score (nSPS) is 22.9. The Morgan fingerprint density at radius 3 is 2.59 bits per heavy atom. The number of benzene rings is 2. The van der Waals surface area contributed by atoms with Crippen molar-refractivity contribution >= 4 is 11.8 Å². The number of carbonyl (C=O) groups excluding carboxylic acids is 1. The first-order chi connectivity index (χ1) is 22.2. The van der Waals surface area contributed by atoms with E-state index in [0.717, 1.165) is 81.9 Å². The van der Waals surface area contributed by atoms with Gasteiger partial charge in [0.2, 0.25) is 0 Å². The molecule has 1 aromatic heterocycles. The SMILES string of the molecule is CNC(=O)OC1CCCC1C(c1cccc(F)c1)(C1CCN(CC2CN(c3ccc(C#N)c(F)c3)C2)CC1)[C@H](C)n1ccnc1C. The Kier molecular flexibility index (Phi) is 9.32. The molecule has 10 heteroatoms. The fourth-order valence-corrected chi connectivity index (χ4v) is 8.89. The van der Waals surface area contributed by atoms with Crippen LogP contribution in [0.15, 0.2) is 54.9 Å². The van der Waals surface area contributed by atoms with Crippen molar-refractivity contribution in [2.45, 2.75) is 63.5 Å². The Bertz CT molecular complexity index is 1570. The lowest BCUT2D eigenvalue weighted by atomic mass is 9.55. The number of amides is 1. The molecular weight excluding hydrogens is 586 g/mol. The van der Waals surface area contributed by atoms with Crippen molar-refractivity contribution in [2.75, 3.05) is 44.7 Å². The van der Waals surface area contributed by atoms with E-state index in [-0.39, 0.29) is 35.4 Å². The van der Waals surface area contributed by atoms with Crippen LogP contribution in [0.1, 0.15) is 62.0 Å². The molecule has 4 atom stereocenters. The molecule has 0 bridgehead atoms. The Hall–Kier alpha value is -3.97. The molecule has 3 fully saturated rings. The topological polar surface area (TPSA) is 86.4 Å². The van der Waals surface area contributed by atoms with Crippen LogP contribution >= 0.6 is 0 Å². The number of aryl methyl sites for hydroxylation is 1. The van der Waals surface area contributed by atoms with Crippen molar-refractivity contribution in [3.8, 4) is 6.07 Å². The van der Waals surface area contributed by atoms with Crippen molar-refractivity contribution in [1.29, 1.82) is 5.26 Å². The number of anilines is 1. The molecule has 3 unspecified atom stereocenters. The molecule has 0 spiro atoms. The third kappa shape index (κ3) is 5.97. The van der Waals surface area contributed by atoms with E-state index in [1.807, 2.05) is 37.5 Å². The zero-order chi connectivity index (χ0) is 32.4. The van der Waals surface area contributed by atoms with E-state index in [1.165, 1.54) is 12.1 Å². The lowest BCUT2D eigenvalue weighted by Gasteiger charge is -2.54. The van der Waals surface area contributed by atoms with E-state index in [0.29, 0.717) is 5.92 Å². The van der Waals surface area contributed by atoms with Crippen LogP contribution in [-0.4, -0.2) is 66.4 Å². The summed E-state index contributed by atoms with van der Waals surface area (Å²) in [5.74, 6) is 0.888. The van der Waals surface area contributed by atoms with Crippen LogP contribution in [0.4, 0.5) is 19.3 Å². The second-order valence-electron chi connectivity index (χ2n) is 13.4. The van der Waals surface area contributed by atoms with Gasteiger partial charge in [-0.05, 0) is 101 Å². The standard InChI is InChI=1S/C36H44F2N6O2/c1-24(44-17-14-41-25(44)2)36(29-6-4-7-30(37)18-29,32-8-5-9-34(32)46-35(45)40-3)28-12-15-42(16-13-28)21-26-22-43(23-26)31-11-10-27(20-39)33(38)19-31/h4,6-7,10-11,14,17-19,24,26,28,32,34H,5,8-9,12-13,15-16,21-23H2,1-3H3,(H,40,45)/t24-,32?,34?,36?/m0/s1. The third-order valence-corrected chi connectivity index (χ3v) is 11.0. The van der Waals surface area contributed by atoms with Gasteiger partial charge in [-0.25, -0.2) is 18.6 Å². The molecule has 46 heavy (non-hydrogen) atoms. The number of nitrogens with zero attached hydrogens (tertiary/aromatic N) is 5. The molecule has 244 valence electrons. The molecule has 3 aromatic rings. The fraction of sp³-hybridized carbons (Fsp3) is 0.528. The number of likely N-dealkylation sites (tertiary alicyclic amines) is 1. The summed E-state index contributed by atoms with van der Waals surface area (Å²) in [7, 11) is 1.59.